The van der Waals surface area contributed by atoms with Crippen LogP contribution in [0.3, 0.4) is 0 Å². The second-order valence-electron chi connectivity index (χ2n) is 9.37. The van der Waals surface area contributed by atoms with Gasteiger partial charge in [0.15, 0.2) is 0 Å². The highest BCUT2D eigenvalue weighted by atomic mass is 35.5. The van der Waals surface area contributed by atoms with Gasteiger partial charge in [0.2, 0.25) is 0 Å². The molecule has 0 unspecified atom stereocenters. The summed E-state index contributed by atoms with van der Waals surface area (Å²) in [5, 5.41) is 11.9. The summed E-state index contributed by atoms with van der Waals surface area (Å²) in [6, 6.07) is 21.3. The Labute approximate surface area is 229 Å². The van der Waals surface area contributed by atoms with Gasteiger partial charge in [-0.15, -0.1) is 0 Å². The number of nitrogens with zero attached hydrogens (tertiary/aromatic N) is 2. The van der Waals surface area contributed by atoms with E-state index in [1.807, 2.05) is 25.1 Å². The lowest BCUT2D eigenvalue weighted by atomic mass is 9.95. The molecule has 4 rings (SSSR count). The number of aliphatic hydroxyl groups is 1. The van der Waals surface area contributed by atoms with E-state index in [4.69, 9.17) is 16.3 Å². The molecule has 1 aliphatic rings. The fourth-order valence-electron chi connectivity index (χ4n) is 4.72. The number of halogens is 1. The Morgan fingerprint density at radius 2 is 1.68 bits per heavy atom. The van der Waals surface area contributed by atoms with Crippen LogP contribution in [0.1, 0.15) is 42.1 Å². The third-order valence-electron chi connectivity index (χ3n) is 6.89. The molecule has 0 bridgehead atoms. The van der Waals surface area contributed by atoms with Crippen molar-refractivity contribution in [1.29, 1.82) is 0 Å². The molecule has 1 amide bonds. The zero-order valence-corrected chi connectivity index (χ0v) is 22.7. The van der Waals surface area contributed by atoms with Crippen LogP contribution in [0.4, 0.5) is 0 Å². The van der Waals surface area contributed by atoms with Crippen LogP contribution >= 0.6 is 11.6 Å². The summed E-state index contributed by atoms with van der Waals surface area (Å²) in [5.74, 6) is -0.880. The molecule has 3 aromatic carbocycles. The number of ketones is 1. The van der Waals surface area contributed by atoms with Gasteiger partial charge in [-0.05, 0) is 67.5 Å². The predicted molar refractivity (Wildman–Crippen MR) is 150 cm³/mol. The summed E-state index contributed by atoms with van der Waals surface area (Å²) >= 11 is 6.11. The highest BCUT2D eigenvalue weighted by Crippen LogP contribution is 2.39. The van der Waals surface area contributed by atoms with Crippen molar-refractivity contribution in [3.63, 3.8) is 0 Å². The number of likely N-dealkylation sites (N-methyl/N-ethyl adjacent to an activating group) is 1. The Kier molecular flexibility index (Phi) is 8.87. The van der Waals surface area contributed by atoms with Crippen LogP contribution in [-0.4, -0.2) is 52.8 Å². The topological polar surface area (TPSA) is 70.1 Å². The molecular formula is C31H33ClN2O4. The lowest BCUT2D eigenvalue weighted by molar-refractivity contribution is -0.140. The summed E-state index contributed by atoms with van der Waals surface area (Å²) in [6.07, 6.45) is 0. The first-order valence-corrected chi connectivity index (χ1v) is 13.2. The molecular weight excluding hydrogens is 500 g/mol. The first-order chi connectivity index (χ1) is 18.3. The number of benzene rings is 3. The Bertz CT molecular complexity index is 1310. The highest BCUT2D eigenvalue weighted by molar-refractivity contribution is 6.46. The molecule has 0 saturated carbocycles. The Morgan fingerprint density at radius 1 is 1.00 bits per heavy atom. The third kappa shape index (κ3) is 6.09. The van der Waals surface area contributed by atoms with Crippen molar-refractivity contribution in [2.75, 3.05) is 26.2 Å². The average Bonchev–Trinajstić information content (AvgIpc) is 3.18. The fraction of sp³-hybridized carbons (Fsp3) is 0.290. The lowest BCUT2D eigenvalue weighted by Gasteiger charge is -2.28. The number of hydrogen-bond donors (Lipinski definition) is 1. The van der Waals surface area contributed by atoms with Crippen LogP contribution in [0.25, 0.3) is 5.76 Å². The van der Waals surface area contributed by atoms with Gasteiger partial charge in [-0.1, -0.05) is 67.4 Å². The largest absolute Gasteiger partial charge is 0.507 e. The molecule has 0 spiro atoms. The van der Waals surface area contributed by atoms with E-state index in [0.717, 1.165) is 24.2 Å². The van der Waals surface area contributed by atoms with Gasteiger partial charge in [0.1, 0.15) is 18.1 Å². The van der Waals surface area contributed by atoms with Crippen LogP contribution in [0.15, 0.2) is 78.4 Å². The molecule has 1 saturated heterocycles. The first-order valence-electron chi connectivity index (χ1n) is 12.9. The molecule has 1 heterocycles. The number of amides is 1. The summed E-state index contributed by atoms with van der Waals surface area (Å²) in [6.45, 7) is 9.23. The van der Waals surface area contributed by atoms with Crippen molar-refractivity contribution in [1.82, 2.24) is 9.80 Å². The number of carbonyl (C=O) groups is 2. The molecule has 1 aliphatic heterocycles. The van der Waals surface area contributed by atoms with E-state index in [1.165, 1.54) is 0 Å². The first kappa shape index (κ1) is 27.4. The minimum absolute atomic E-state index is 0.0744. The second-order valence-corrected chi connectivity index (χ2v) is 9.81. The molecule has 198 valence electrons. The SMILES string of the molecule is CCN(CC)CCN1C(=O)C(=O)C(=C(O)c2ccc(OCc3cccc(C)c3)cc2)[C@H]1c1ccc(Cl)cc1. The molecule has 38 heavy (non-hydrogen) atoms. The molecule has 1 atom stereocenters. The zero-order chi connectivity index (χ0) is 27.2. The Hall–Kier alpha value is -3.61. The summed E-state index contributed by atoms with van der Waals surface area (Å²) in [5.41, 5.74) is 3.45. The van der Waals surface area contributed by atoms with E-state index in [0.29, 0.717) is 41.6 Å². The number of hydrogen-bond acceptors (Lipinski definition) is 5. The maximum absolute atomic E-state index is 13.2. The monoisotopic (exact) mass is 532 g/mol. The van der Waals surface area contributed by atoms with Gasteiger partial charge < -0.3 is 19.6 Å². The van der Waals surface area contributed by atoms with Crippen LogP contribution in [0.5, 0.6) is 5.75 Å². The van der Waals surface area contributed by atoms with Crippen LogP contribution in [0, 0.1) is 6.92 Å². The molecule has 1 fully saturated rings. The molecule has 0 radical (unpaired) electrons. The van der Waals surface area contributed by atoms with E-state index in [2.05, 4.69) is 24.8 Å². The number of aliphatic hydroxyl groups excluding tert-OH is 1. The van der Waals surface area contributed by atoms with E-state index in [9.17, 15) is 14.7 Å². The number of aryl methyl sites for hydroxylation is 1. The number of Topliss-reactive ketones (excluding diaryl/α,β-unsaturated/α-hetero) is 1. The van der Waals surface area contributed by atoms with E-state index < -0.39 is 17.7 Å². The van der Waals surface area contributed by atoms with Gasteiger partial charge in [0, 0.05) is 23.7 Å². The summed E-state index contributed by atoms with van der Waals surface area (Å²) < 4.78 is 5.90. The Balaban J connectivity index is 1.63. The third-order valence-corrected chi connectivity index (χ3v) is 7.14. The van der Waals surface area contributed by atoms with Gasteiger partial charge in [-0.3, -0.25) is 9.59 Å². The molecule has 7 heteroatoms. The smallest absolute Gasteiger partial charge is 0.295 e. The van der Waals surface area contributed by atoms with Crippen LogP contribution in [-0.2, 0) is 16.2 Å². The summed E-state index contributed by atoms with van der Waals surface area (Å²) in [4.78, 5) is 30.1. The number of carbonyl (C=O) groups excluding carboxylic acids is 2. The van der Waals surface area contributed by atoms with Crippen LogP contribution < -0.4 is 4.74 Å². The molecule has 3 aromatic rings. The van der Waals surface area contributed by atoms with E-state index in [-0.39, 0.29) is 11.3 Å². The van der Waals surface area contributed by atoms with Crippen molar-refractivity contribution in [2.24, 2.45) is 0 Å². The maximum atomic E-state index is 13.2. The van der Waals surface area contributed by atoms with E-state index >= 15 is 0 Å². The highest BCUT2D eigenvalue weighted by Gasteiger charge is 2.45. The quantitative estimate of drug-likeness (QED) is 0.197. The standard InChI is InChI=1S/C31H33ClN2O4/c1-4-33(5-2)17-18-34-28(23-9-13-25(32)14-10-23)27(30(36)31(34)37)29(35)24-11-15-26(16-12-24)38-20-22-8-6-7-21(3)19-22/h6-16,19,28,35H,4-5,17-18,20H2,1-3H3/t28-/m1/s1. The number of likely N-dealkylation sites (tertiary alicyclic amines) is 1. The molecule has 1 N–H and O–H groups in total. The number of ether oxygens (including phenoxy) is 1. The fourth-order valence-corrected chi connectivity index (χ4v) is 4.85. The maximum Gasteiger partial charge on any atom is 0.295 e. The summed E-state index contributed by atoms with van der Waals surface area (Å²) in [7, 11) is 0. The van der Waals surface area contributed by atoms with Gasteiger partial charge in [0.05, 0.1) is 11.6 Å². The normalized spacial score (nSPS) is 16.9. The minimum atomic E-state index is -0.708. The van der Waals surface area contributed by atoms with Gasteiger partial charge in [-0.2, -0.15) is 0 Å². The van der Waals surface area contributed by atoms with Gasteiger partial charge >= 0.3 is 0 Å². The second kappa shape index (κ2) is 12.3. The minimum Gasteiger partial charge on any atom is -0.507 e. The van der Waals surface area contributed by atoms with Crippen molar-refractivity contribution >= 4 is 29.1 Å². The number of rotatable bonds is 10. The Morgan fingerprint density at radius 3 is 2.32 bits per heavy atom. The van der Waals surface area contributed by atoms with E-state index in [1.54, 1.807) is 53.4 Å². The lowest BCUT2D eigenvalue weighted by Crippen LogP contribution is -2.38. The average molecular weight is 533 g/mol. The van der Waals surface area contributed by atoms with Gasteiger partial charge in [0.25, 0.3) is 11.7 Å². The molecule has 0 aromatic heterocycles. The predicted octanol–water partition coefficient (Wildman–Crippen LogP) is 5.99. The van der Waals surface area contributed by atoms with Crippen molar-refractivity contribution < 1.29 is 19.4 Å². The van der Waals surface area contributed by atoms with Crippen molar-refractivity contribution in [2.45, 2.75) is 33.4 Å². The van der Waals surface area contributed by atoms with Gasteiger partial charge in [-0.25, -0.2) is 0 Å². The van der Waals surface area contributed by atoms with Crippen molar-refractivity contribution in [3.05, 3.63) is 106 Å². The zero-order valence-electron chi connectivity index (χ0n) is 22.0. The van der Waals surface area contributed by atoms with Crippen LogP contribution in [0.2, 0.25) is 5.02 Å². The van der Waals surface area contributed by atoms with Crippen molar-refractivity contribution in [3.8, 4) is 5.75 Å². The molecule has 6 nitrogen and oxygen atoms in total. The molecule has 0 aliphatic carbocycles.